The number of Topliss-reactive ketones (excluding diaryl/α,β-unsaturated/α-hetero) is 1. The number of nitrogens with zero attached hydrogens (tertiary/aromatic N) is 5. The number of pyridine rings is 2. The number of halogens is 3. The molecule has 1 aromatic carbocycles. The Kier molecular flexibility index (Phi) is 6.19. The van der Waals surface area contributed by atoms with Crippen molar-refractivity contribution < 1.29 is 26.4 Å². The molecule has 1 atom stereocenters. The van der Waals surface area contributed by atoms with Crippen LogP contribution in [0.15, 0.2) is 89.9 Å². The van der Waals surface area contributed by atoms with Gasteiger partial charge in [0.1, 0.15) is 5.69 Å². The van der Waals surface area contributed by atoms with E-state index in [9.17, 15) is 26.4 Å². The zero-order valence-electron chi connectivity index (χ0n) is 20.9. The third-order valence-electron chi connectivity index (χ3n) is 7.40. The van der Waals surface area contributed by atoms with Crippen molar-refractivity contribution >= 4 is 21.9 Å². The summed E-state index contributed by atoms with van der Waals surface area (Å²) in [6, 6.07) is 12.2. The van der Waals surface area contributed by atoms with Crippen LogP contribution < -0.4 is 0 Å². The van der Waals surface area contributed by atoms with Gasteiger partial charge in [-0.15, -0.1) is 0 Å². The van der Waals surface area contributed by atoms with Crippen molar-refractivity contribution in [3.63, 3.8) is 0 Å². The van der Waals surface area contributed by atoms with E-state index in [0.29, 0.717) is 6.07 Å². The predicted octanol–water partition coefficient (Wildman–Crippen LogP) is 4.58. The Balaban J connectivity index is 1.44. The molecular weight excluding hydrogens is 543 g/mol. The fourth-order valence-electron chi connectivity index (χ4n) is 5.43. The highest BCUT2D eigenvalue weighted by Crippen LogP contribution is 2.47. The summed E-state index contributed by atoms with van der Waals surface area (Å²) in [7, 11) is -4.36. The summed E-state index contributed by atoms with van der Waals surface area (Å²) >= 11 is 0. The predicted molar refractivity (Wildman–Crippen MR) is 139 cm³/mol. The number of carbonyl (C=O) groups is 1. The number of hydrogen-bond acceptors (Lipinski definition) is 6. The van der Waals surface area contributed by atoms with Crippen molar-refractivity contribution in [3.05, 3.63) is 107 Å². The molecule has 0 spiro atoms. The van der Waals surface area contributed by atoms with Gasteiger partial charge in [-0.25, -0.2) is 13.1 Å². The number of ketones is 1. The first kappa shape index (κ1) is 26.1. The first-order chi connectivity index (χ1) is 19.1. The average Bonchev–Trinajstić information content (AvgIpc) is 3.38. The SMILES string of the molecule is O=C(c1ccccn1)[C@]12Cc3cnn(-c4cccnc4)c3C=C1CCN(S(=O)(=O)c1cccc(C(F)(F)F)c1)C2. The number of fused-ring (bicyclic) bond motifs is 2. The van der Waals surface area contributed by atoms with E-state index < -0.39 is 32.1 Å². The van der Waals surface area contributed by atoms with Crippen molar-refractivity contribution in [3.8, 4) is 5.69 Å². The van der Waals surface area contributed by atoms with Gasteiger partial charge in [0, 0.05) is 25.5 Å². The molecule has 1 saturated heterocycles. The van der Waals surface area contributed by atoms with E-state index in [1.165, 1.54) is 6.20 Å². The van der Waals surface area contributed by atoms with Crippen LogP contribution in [0.25, 0.3) is 11.8 Å². The molecule has 12 heteroatoms. The molecule has 0 N–H and O–H groups in total. The molecule has 6 rings (SSSR count). The van der Waals surface area contributed by atoms with E-state index in [1.54, 1.807) is 47.5 Å². The molecule has 2 aliphatic rings. The van der Waals surface area contributed by atoms with Crippen LogP contribution in [0, 0.1) is 5.41 Å². The van der Waals surface area contributed by atoms with Gasteiger partial charge in [-0.1, -0.05) is 17.7 Å². The van der Waals surface area contributed by atoms with Crippen LogP contribution in [0.1, 0.15) is 33.7 Å². The first-order valence-corrected chi connectivity index (χ1v) is 13.9. The minimum absolute atomic E-state index is 0.00196. The molecule has 0 unspecified atom stereocenters. The molecule has 0 radical (unpaired) electrons. The number of aromatic nitrogens is 4. The van der Waals surface area contributed by atoms with Crippen molar-refractivity contribution in [2.45, 2.75) is 23.9 Å². The molecule has 3 aromatic heterocycles. The van der Waals surface area contributed by atoms with E-state index in [1.807, 2.05) is 12.1 Å². The number of carbonyl (C=O) groups excluding carboxylic acids is 1. The van der Waals surface area contributed by atoms with Crippen LogP contribution >= 0.6 is 0 Å². The number of rotatable bonds is 5. The highest BCUT2D eigenvalue weighted by molar-refractivity contribution is 7.89. The van der Waals surface area contributed by atoms with Gasteiger partial charge in [0.15, 0.2) is 5.78 Å². The summed E-state index contributed by atoms with van der Waals surface area (Å²) < 4.78 is 70.2. The number of piperidine rings is 1. The average molecular weight is 566 g/mol. The molecular formula is C28H22F3N5O3S. The Bertz CT molecular complexity index is 1740. The highest BCUT2D eigenvalue weighted by atomic mass is 32.2. The van der Waals surface area contributed by atoms with Gasteiger partial charge in [-0.2, -0.15) is 22.6 Å². The fraction of sp³-hybridized carbons (Fsp3) is 0.214. The van der Waals surface area contributed by atoms with Gasteiger partial charge in [0.25, 0.3) is 0 Å². The van der Waals surface area contributed by atoms with Crippen LogP contribution in [-0.4, -0.2) is 51.3 Å². The van der Waals surface area contributed by atoms with Crippen LogP contribution in [0.3, 0.4) is 0 Å². The second-order valence-corrected chi connectivity index (χ2v) is 11.7. The molecule has 204 valence electrons. The maximum absolute atomic E-state index is 14.1. The number of alkyl halides is 3. The van der Waals surface area contributed by atoms with Crippen LogP contribution in [0.2, 0.25) is 0 Å². The van der Waals surface area contributed by atoms with E-state index in [0.717, 1.165) is 45.0 Å². The Morgan fingerprint density at radius 1 is 1.00 bits per heavy atom. The maximum atomic E-state index is 14.1. The zero-order valence-corrected chi connectivity index (χ0v) is 21.7. The summed E-state index contributed by atoms with van der Waals surface area (Å²) in [5.41, 5.74) is 0.754. The Labute approximate surface area is 227 Å². The maximum Gasteiger partial charge on any atom is 0.416 e. The minimum Gasteiger partial charge on any atom is -0.291 e. The third-order valence-corrected chi connectivity index (χ3v) is 9.24. The molecule has 0 saturated carbocycles. The van der Waals surface area contributed by atoms with E-state index >= 15 is 0 Å². The van der Waals surface area contributed by atoms with Gasteiger partial charge in [-0.05, 0) is 66.9 Å². The lowest BCUT2D eigenvalue weighted by Gasteiger charge is -2.44. The zero-order chi connectivity index (χ0) is 28.1. The second kappa shape index (κ2) is 9.49. The monoisotopic (exact) mass is 565 g/mol. The summed E-state index contributed by atoms with van der Waals surface area (Å²) in [5, 5.41) is 4.50. The molecule has 1 aliphatic heterocycles. The van der Waals surface area contributed by atoms with Gasteiger partial charge in [0.05, 0.1) is 39.6 Å². The van der Waals surface area contributed by atoms with Gasteiger partial charge >= 0.3 is 6.18 Å². The summed E-state index contributed by atoms with van der Waals surface area (Å²) in [6.07, 6.45) is 3.96. The Morgan fingerprint density at radius 3 is 2.58 bits per heavy atom. The number of hydrogen-bond donors (Lipinski definition) is 0. The topological polar surface area (TPSA) is 98.1 Å². The van der Waals surface area contributed by atoms with Gasteiger partial charge in [0.2, 0.25) is 10.0 Å². The highest BCUT2D eigenvalue weighted by Gasteiger charge is 2.51. The van der Waals surface area contributed by atoms with Crippen LogP contribution in [-0.2, 0) is 22.6 Å². The van der Waals surface area contributed by atoms with Crippen LogP contribution in [0.5, 0.6) is 0 Å². The molecule has 4 heterocycles. The van der Waals surface area contributed by atoms with Crippen molar-refractivity contribution in [2.75, 3.05) is 13.1 Å². The van der Waals surface area contributed by atoms with E-state index in [-0.39, 0.29) is 37.4 Å². The Hall–Kier alpha value is -4.16. The van der Waals surface area contributed by atoms with Gasteiger partial charge < -0.3 is 0 Å². The van der Waals surface area contributed by atoms with E-state index in [2.05, 4.69) is 15.1 Å². The number of sulfonamides is 1. The molecule has 0 amide bonds. The molecule has 4 aromatic rings. The lowest BCUT2D eigenvalue weighted by Crippen LogP contribution is -2.53. The lowest BCUT2D eigenvalue weighted by molar-refractivity contribution is -0.137. The molecule has 1 fully saturated rings. The standard InChI is InChI=1S/C28H22F3N5O3S/c29-28(30,31)21-5-3-7-23(13-21)40(38,39)35-12-9-20-14-25-19(16-34-36(25)22-6-4-10-32-17-22)15-27(20,18-35)26(37)24-8-1-2-11-33-24/h1-8,10-11,13-14,16-17H,9,12,15,18H2/t27-/m0/s1. The van der Waals surface area contributed by atoms with Crippen molar-refractivity contribution in [2.24, 2.45) is 5.41 Å². The second-order valence-electron chi connectivity index (χ2n) is 9.76. The molecule has 40 heavy (non-hydrogen) atoms. The van der Waals surface area contributed by atoms with Crippen molar-refractivity contribution in [1.82, 2.24) is 24.1 Å². The molecule has 1 aliphatic carbocycles. The fourth-order valence-corrected chi connectivity index (χ4v) is 6.98. The molecule has 0 bridgehead atoms. The summed E-state index contributed by atoms with van der Waals surface area (Å²) in [4.78, 5) is 22.0. The normalized spacial score (nSPS) is 19.4. The summed E-state index contributed by atoms with van der Waals surface area (Å²) in [5.74, 6) is -0.358. The largest absolute Gasteiger partial charge is 0.416 e. The Morgan fingerprint density at radius 2 is 1.85 bits per heavy atom. The van der Waals surface area contributed by atoms with E-state index in [4.69, 9.17) is 0 Å². The number of benzene rings is 1. The van der Waals surface area contributed by atoms with Crippen molar-refractivity contribution in [1.29, 1.82) is 0 Å². The quantitative estimate of drug-likeness (QED) is 0.329. The molecule has 8 nitrogen and oxygen atoms in total. The minimum atomic E-state index is -4.70. The third kappa shape index (κ3) is 4.33. The lowest BCUT2D eigenvalue weighted by atomic mass is 9.65. The first-order valence-electron chi connectivity index (χ1n) is 12.4. The van der Waals surface area contributed by atoms with Gasteiger partial charge in [-0.3, -0.25) is 14.8 Å². The smallest absolute Gasteiger partial charge is 0.291 e. The summed E-state index contributed by atoms with van der Waals surface area (Å²) in [6.45, 7) is -0.248. The van der Waals surface area contributed by atoms with Crippen LogP contribution in [0.4, 0.5) is 13.2 Å².